The van der Waals surface area contributed by atoms with E-state index in [1.807, 2.05) is 12.1 Å². The van der Waals surface area contributed by atoms with Crippen molar-refractivity contribution < 1.29 is 9.42 Å². The molecule has 1 aliphatic heterocycles. The number of nitrogens with zero attached hydrogens (tertiary/aromatic N) is 3. The molecule has 0 aromatic carbocycles. The number of rotatable bonds is 1. The standard InChI is InChI=1S/C14H13N5O2/c20-10-5-1-4-9-11(10)12(8-3-2-6-15-7-8)17-14-13(16-9)18-21-19-14/h2-3,6-7,12H,1,4-5H2,(H,16,18)(H,17,19)/t12-/m1/s1. The summed E-state index contributed by atoms with van der Waals surface area (Å²) in [4.78, 5) is 16.6. The number of allylic oxidation sites excluding steroid dienone is 1. The van der Waals surface area contributed by atoms with Crippen LogP contribution in [-0.4, -0.2) is 21.1 Å². The quantitative estimate of drug-likeness (QED) is 0.827. The minimum Gasteiger partial charge on any atom is -0.353 e. The smallest absolute Gasteiger partial charge is 0.219 e. The lowest BCUT2D eigenvalue weighted by atomic mass is 9.87. The Hall–Kier alpha value is -2.70. The first-order chi connectivity index (χ1) is 10.3. The summed E-state index contributed by atoms with van der Waals surface area (Å²) in [7, 11) is 0. The maximum atomic E-state index is 12.4. The molecule has 3 heterocycles. The van der Waals surface area contributed by atoms with Crippen LogP contribution < -0.4 is 10.6 Å². The van der Waals surface area contributed by atoms with Gasteiger partial charge in [0.05, 0.1) is 6.04 Å². The summed E-state index contributed by atoms with van der Waals surface area (Å²) in [6.45, 7) is 0. The summed E-state index contributed by atoms with van der Waals surface area (Å²) in [6.07, 6.45) is 5.67. The van der Waals surface area contributed by atoms with Gasteiger partial charge in [-0.3, -0.25) is 9.78 Å². The van der Waals surface area contributed by atoms with Crippen LogP contribution in [0.1, 0.15) is 30.9 Å². The molecule has 0 unspecified atom stereocenters. The van der Waals surface area contributed by atoms with E-state index in [-0.39, 0.29) is 11.8 Å². The highest BCUT2D eigenvalue weighted by molar-refractivity contribution is 6.00. The van der Waals surface area contributed by atoms with Gasteiger partial charge in [0.2, 0.25) is 11.6 Å². The maximum Gasteiger partial charge on any atom is 0.219 e. The van der Waals surface area contributed by atoms with E-state index in [1.165, 1.54) is 0 Å². The summed E-state index contributed by atoms with van der Waals surface area (Å²) >= 11 is 0. The monoisotopic (exact) mass is 283 g/mol. The molecule has 2 aliphatic rings. The van der Waals surface area contributed by atoms with E-state index < -0.39 is 0 Å². The Bertz CT molecular complexity index is 722. The zero-order valence-electron chi connectivity index (χ0n) is 11.2. The highest BCUT2D eigenvalue weighted by atomic mass is 16.6. The summed E-state index contributed by atoms with van der Waals surface area (Å²) < 4.78 is 4.77. The van der Waals surface area contributed by atoms with E-state index in [4.69, 9.17) is 4.63 Å². The number of carbonyl (C=O) groups is 1. The van der Waals surface area contributed by atoms with Crippen molar-refractivity contribution in [2.45, 2.75) is 25.3 Å². The molecule has 106 valence electrons. The lowest BCUT2D eigenvalue weighted by molar-refractivity contribution is -0.116. The number of anilines is 2. The predicted molar refractivity (Wildman–Crippen MR) is 74.4 cm³/mol. The van der Waals surface area contributed by atoms with E-state index in [2.05, 4.69) is 25.9 Å². The largest absolute Gasteiger partial charge is 0.353 e. The lowest BCUT2D eigenvalue weighted by Crippen LogP contribution is -2.23. The van der Waals surface area contributed by atoms with Gasteiger partial charge in [-0.1, -0.05) is 6.07 Å². The van der Waals surface area contributed by atoms with Crippen molar-refractivity contribution in [1.82, 2.24) is 15.3 Å². The minimum atomic E-state index is -0.290. The number of aromatic nitrogens is 3. The molecule has 0 radical (unpaired) electrons. The van der Waals surface area contributed by atoms with E-state index in [1.54, 1.807) is 12.4 Å². The number of hydrogen-bond acceptors (Lipinski definition) is 7. The van der Waals surface area contributed by atoms with Crippen molar-refractivity contribution in [3.05, 3.63) is 41.4 Å². The first-order valence-corrected chi connectivity index (χ1v) is 6.85. The number of fused-ring (bicyclic) bond motifs is 1. The normalized spacial score (nSPS) is 21.0. The van der Waals surface area contributed by atoms with Crippen LogP contribution in [0.4, 0.5) is 11.6 Å². The van der Waals surface area contributed by atoms with Gasteiger partial charge in [-0.25, -0.2) is 4.63 Å². The molecular weight excluding hydrogens is 270 g/mol. The van der Waals surface area contributed by atoms with Gasteiger partial charge in [0.25, 0.3) is 0 Å². The highest BCUT2D eigenvalue weighted by Gasteiger charge is 2.33. The molecule has 0 bridgehead atoms. The number of carbonyl (C=O) groups excluding carboxylic acids is 1. The fourth-order valence-corrected chi connectivity index (χ4v) is 2.84. The van der Waals surface area contributed by atoms with Crippen LogP contribution in [0.5, 0.6) is 0 Å². The molecule has 0 fully saturated rings. The molecule has 2 N–H and O–H groups in total. The molecule has 2 aromatic heterocycles. The van der Waals surface area contributed by atoms with Crippen LogP contribution in [0.2, 0.25) is 0 Å². The summed E-state index contributed by atoms with van der Waals surface area (Å²) in [5.41, 5.74) is 2.55. The Balaban J connectivity index is 1.87. The summed E-state index contributed by atoms with van der Waals surface area (Å²) in [6, 6.07) is 3.50. The maximum absolute atomic E-state index is 12.4. The predicted octanol–water partition coefficient (Wildman–Crippen LogP) is 2.05. The van der Waals surface area contributed by atoms with Gasteiger partial charge in [-0.2, -0.15) is 0 Å². The molecule has 7 heteroatoms. The third kappa shape index (κ3) is 1.97. The Morgan fingerprint density at radius 3 is 3.00 bits per heavy atom. The fourth-order valence-electron chi connectivity index (χ4n) is 2.84. The third-order valence-electron chi connectivity index (χ3n) is 3.80. The number of hydrogen-bond donors (Lipinski definition) is 2. The van der Waals surface area contributed by atoms with Crippen LogP contribution in [0, 0.1) is 0 Å². The van der Waals surface area contributed by atoms with Gasteiger partial charge in [0, 0.05) is 30.1 Å². The average Bonchev–Trinajstić information content (AvgIpc) is 2.87. The van der Waals surface area contributed by atoms with Crippen molar-refractivity contribution in [3.63, 3.8) is 0 Å². The van der Waals surface area contributed by atoms with Crippen molar-refractivity contribution >= 4 is 17.4 Å². The number of Topliss-reactive ketones (excluding diaryl/α,β-unsaturated/α-hetero) is 1. The lowest BCUT2D eigenvalue weighted by Gasteiger charge is -2.24. The van der Waals surface area contributed by atoms with E-state index in [0.717, 1.165) is 29.7 Å². The van der Waals surface area contributed by atoms with E-state index in [9.17, 15) is 4.79 Å². The Morgan fingerprint density at radius 2 is 2.14 bits per heavy atom. The second kappa shape index (κ2) is 4.69. The SMILES string of the molecule is O=C1CCCC2=C1[C@@H](c1cccnc1)Nc1nonc1N2. The molecular formula is C14H13N5O2. The third-order valence-corrected chi connectivity index (χ3v) is 3.80. The molecule has 21 heavy (non-hydrogen) atoms. The highest BCUT2D eigenvalue weighted by Crippen LogP contribution is 2.38. The number of ketones is 1. The van der Waals surface area contributed by atoms with Gasteiger partial charge in [0.15, 0.2) is 5.78 Å². The summed E-state index contributed by atoms with van der Waals surface area (Å²) in [5.74, 6) is 1.17. The molecule has 7 nitrogen and oxygen atoms in total. The van der Waals surface area contributed by atoms with Crippen LogP contribution in [-0.2, 0) is 4.79 Å². The topological polar surface area (TPSA) is 92.9 Å². The van der Waals surface area contributed by atoms with E-state index in [0.29, 0.717) is 18.1 Å². The first-order valence-electron chi connectivity index (χ1n) is 6.85. The molecule has 0 saturated heterocycles. The zero-order chi connectivity index (χ0) is 14.2. The zero-order valence-corrected chi connectivity index (χ0v) is 11.2. The number of pyridine rings is 1. The van der Waals surface area contributed by atoms with Crippen LogP contribution in [0.3, 0.4) is 0 Å². The van der Waals surface area contributed by atoms with Gasteiger partial charge in [0.1, 0.15) is 0 Å². The average molecular weight is 283 g/mol. The molecule has 2 aromatic rings. The van der Waals surface area contributed by atoms with Crippen molar-refractivity contribution in [3.8, 4) is 0 Å². The van der Waals surface area contributed by atoms with Crippen LogP contribution in [0.25, 0.3) is 0 Å². The van der Waals surface area contributed by atoms with Gasteiger partial charge in [-0.05, 0) is 34.8 Å². The van der Waals surface area contributed by atoms with Crippen LogP contribution in [0.15, 0.2) is 40.4 Å². The van der Waals surface area contributed by atoms with Crippen molar-refractivity contribution in [2.75, 3.05) is 10.6 Å². The van der Waals surface area contributed by atoms with Gasteiger partial charge >= 0.3 is 0 Å². The Morgan fingerprint density at radius 1 is 1.24 bits per heavy atom. The van der Waals surface area contributed by atoms with E-state index >= 15 is 0 Å². The first kappa shape index (κ1) is 12.1. The molecule has 4 rings (SSSR count). The van der Waals surface area contributed by atoms with Crippen molar-refractivity contribution in [2.24, 2.45) is 0 Å². The van der Waals surface area contributed by atoms with Crippen molar-refractivity contribution in [1.29, 1.82) is 0 Å². The Labute approximate surface area is 120 Å². The second-order valence-corrected chi connectivity index (χ2v) is 5.12. The number of nitrogens with one attached hydrogen (secondary N) is 2. The fraction of sp³-hybridized carbons (Fsp3) is 0.286. The molecule has 0 saturated carbocycles. The minimum absolute atomic E-state index is 0.146. The molecule has 0 amide bonds. The molecule has 1 atom stereocenters. The Kier molecular flexibility index (Phi) is 2.70. The van der Waals surface area contributed by atoms with Gasteiger partial charge in [-0.15, -0.1) is 0 Å². The molecule has 1 aliphatic carbocycles. The van der Waals surface area contributed by atoms with Crippen LogP contribution >= 0.6 is 0 Å². The summed E-state index contributed by atoms with van der Waals surface area (Å²) in [5, 5.41) is 14.1. The van der Waals surface area contributed by atoms with Gasteiger partial charge < -0.3 is 10.6 Å². The molecule has 0 spiro atoms. The second-order valence-electron chi connectivity index (χ2n) is 5.12.